The number of benzene rings is 6. The van der Waals surface area contributed by atoms with Crippen molar-refractivity contribution in [2.45, 2.75) is 0 Å². The molecule has 0 N–H and O–H groups in total. The Labute approximate surface area is 304 Å². The largest absolute Gasteiger partial charge is 0.238 e. The van der Waals surface area contributed by atoms with Gasteiger partial charge in [-0.1, -0.05) is 182 Å². The molecule has 0 radical (unpaired) electrons. The topological polar surface area (TPSA) is 26.2 Å². The van der Waals surface area contributed by atoms with Crippen molar-refractivity contribution in [3.8, 4) is 0 Å². The number of rotatable bonds is 0. The maximum atomic E-state index is 6.57. The predicted octanol–water partition coefficient (Wildman–Crippen LogP) is 13.4. The molecular formula is C42H30MoN6. The van der Waals surface area contributed by atoms with Gasteiger partial charge in [-0.05, 0) is 0 Å². The van der Waals surface area contributed by atoms with Gasteiger partial charge < -0.3 is 0 Å². The van der Waals surface area contributed by atoms with Crippen molar-refractivity contribution in [2.75, 3.05) is 0 Å². The number of hydrogen-bond acceptors (Lipinski definition) is 0. The van der Waals surface area contributed by atoms with E-state index in [-0.39, 0.29) is 21.1 Å². The molecule has 49 heavy (non-hydrogen) atoms. The van der Waals surface area contributed by atoms with E-state index in [4.69, 9.17) is 39.4 Å². The molecule has 0 atom stereocenters. The molecule has 0 aliphatic heterocycles. The first-order valence-corrected chi connectivity index (χ1v) is 14.1. The Morgan fingerprint density at radius 2 is 0.306 bits per heavy atom. The maximum absolute atomic E-state index is 6.57. The van der Waals surface area contributed by atoms with Crippen molar-refractivity contribution in [2.24, 2.45) is 0 Å². The molecule has 0 amide bonds. The fourth-order valence-electron chi connectivity index (χ4n) is 3.02. The minimum absolute atomic E-state index is 0. The molecule has 0 saturated carbocycles. The Bertz CT molecular complexity index is 1560. The van der Waals surface area contributed by atoms with E-state index in [0.29, 0.717) is 34.1 Å². The fourth-order valence-corrected chi connectivity index (χ4v) is 3.02. The summed E-state index contributed by atoms with van der Waals surface area (Å²) in [6, 6.07) is 55.1. The monoisotopic (exact) mass is 716 g/mol. The first-order valence-electron chi connectivity index (χ1n) is 14.1. The number of para-hydroxylation sites is 6. The van der Waals surface area contributed by atoms with Crippen LogP contribution in [0.25, 0.3) is 29.1 Å². The van der Waals surface area contributed by atoms with Gasteiger partial charge in [-0.2, -0.15) is 0 Å². The predicted molar refractivity (Wildman–Crippen MR) is 196 cm³/mol. The molecular weight excluding hydrogens is 684 g/mol. The third kappa shape index (κ3) is 22.2. The van der Waals surface area contributed by atoms with Crippen LogP contribution in [0.2, 0.25) is 0 Å². The molecule has 0 aromatic heterocycles. The van der Waals surface area contributed by atoms with Gasteiger partial charge in [0, 0.05) is 21.1 Å². The average molecular weight is 715 g/mol. The number of nitrogens with zero attached hydrogens (tertiary/aromatic N) is 6. The molecule has 0 fully saturated rings. The van der Waals surface area contributed by atoms with Crippen LogP contribution in [0.15, 0.2) is 182 Å². The summed E-state index contributed by atoms with van der Waals surface area (Å²) in [6.07, 6.45) is 0. The molecule has 0 bridgehead atoms. The third-order valence-corrected chi connectivity index (χ3v) is 5.31. The van der Waals surface area contributed by atoms with Crippen LogP contribution in [-0.4, -0.2) is 0 Å². The summed E-state index contributed by atoms with van der Waals surface area (Å²) in [6.45, 7) is 39.4. The minimum Gasteiger partial charge on any atom is -0.238 e. The summed E-state index contributed by atoms with van der Waals surface area (Å²) in [5.41, 5.74) is 4.21. The van der Waals surface area contributed by atoms with Crippen molar-refractivity contribution in [3.05, 3.63) is 250 Å². The zero-order valence-electron chi connectivity index (χ0n) is 26.4. The van der Waals surface area contributed by atoms with E-state index in [2.05, 4.69) is 29.1 Å². The van der Waals surface area contributed by atoms with Crippen molar-refractivity contribution in [1.82, 2.24) is 0 Å². The SMILES string of the molecule is [C-]#[N+]c1ccccc1.[C-]#[N+]c1ccccc1.[C-]#[N+]c1ccccc1.[C-]#[N+]c1ccccc1.[C-]#[N+]c1ccccc1.[C-]#[N+]c1ccccc1.[Mo]. The summed E-state index contributed by atoms with van der Waals surface area (Å²) >= 11 is 0. The van der Waals surface area contributed by atoms with Gasteiger partial charge in [-0.15, -0.1) is 0 Å². The van der Waals surface area contributed by atoms with E-state index in [1.807, 2.05) is 109 Å². The first kappa shape index (κ1) is 41.9. The van der Waals surface area contributed by atoms with Gasteiger partial charge in [0.25, 0.3) is 0 Å². The van der Waals surface area contributed by atoms with Crippen LogP contribution in [0, 0.1) is 39.4 Å². The Morgan fingerprint density at radius 1 is 0.204 bits per heavy atom. The minimum atomic E-state index is 0. The van der Waals surface area contributed by atoms with Crippen LogP contribution < -0.4 is 0 Å². The second kappa shape index (κ2) is 29.6. The van der Waals surface area contributed by atoms with Crippen molar-refractivity contribution in [1.29, 1.82) is 0 Å². The molecule has 6 aromatic rings. The van der Waals surface area contributed by atoms with Crippen molar-refractivity contribution >= 4 is 34.1 Å². The molecule has 0 saturated heterocycles. The van der Waals surface area contributed by atoms with E-state index in [1.165, 1.54) is 0 Å². The van der Waals surface area contributed by atoms with E-state index < -0.39 is 0 Å². The van der Waals surface area contributed by atoms with Gasteiger partial charge in [0.2, 0.25) is 0 Å². The van der Waals surface area contributed by atoms with Crippen LogP contribution in [-0.2, 0) is 21.1 Å². The second-order valence-corrected chi connectivity index (χ2v) is 8.68. The normalized spacial score (nSPS) is 7.71. The van der Waals surface area contributed by atoms with E-state index in [9.17, 15) is 0 Å². The zero-order chi connectivity index (χ0) is 34.9. The summed E-state index contributed by atoms with van der Waals surface area (Å²) in [5, 5.41) is 0. The van der Waals surface area contributed by atoms with E-state index in [0.717, 1.165) is 0 Å². The smallest absolute Gasteiger partial charge is 0.187 e. The van der Waals surface area contributed by atoms with E-state index >= 15 is 0 Å². The van der Waals surface area contributed by atoms with Gasteiger partial charge >= 0.3 is 0 Å². The van der Waals surface area contributed by atoms with Gasteiger partial charge in [-0.25, -0.2) is 29.1 Å². The first-order chi connectivity index (χ1) is 23.6. The molecule has 0 heterocycles. The molecule has 0 aliphatic carbocycles. The van der Waals surface area contributed by atoms with Gasteiger partial charge in [0.05, 0.1) is 39.4 Å². The van der Waals surface area contributed by atoms with E-state index in [1.54, 1.807) is 72.8 Å². The average Bonchev–Trinajstić information content (AvgIpc) is 3.21. The Hall–Kier alpha value is -7.05. The van der Waals surface area contributed by atoms with Crippen LogP contribution in [0.1, 0.15) is 0 Å². The van der Waals surface area contributed by atoms with Crippen molar-refractivity contribution in [3.63, 3.8) is 0 Å². The number of hydrogen-bond donors (Lipinski definition) is 0. The zero-order valence-corrected chi connectivity index (χ0v) is 28.4. The Balaban J connectivity index is 0.000000562. The molecule has 0 spiro atoms. The third-order valence-electron chi connectivity index (χ3n) is 5.31. The maximum Gasteiger partial charge on any atom is 0.187 e. The quantitative estimate of drug-likeness (QED) is 0.111. The van der Waals surface area contributed by atoms with Gasteiger partial charge in [0.15, 0.2) is 34.1 Å². The van der Waals surface area contributed by atoms with Crippen LogP contribution in [0.4, 0.5) is 34.1 Å². The van der Waals surface area contributed by atoms with Crippen LogP contribution in [0.3, 0.4) is 0 Å². The molecule has 6 rings (SSSR count). The standard InChI is InChI=1S/6C7H5N.Mo/c6*1-8-7-5-3-2-4-6-7;/h6*2-6H;. The fraction of sp³-hybridized carbons (Fsp3) is 0. The second-order valence-electron chi connectivity index (χ2n) is 8.68. The summed E-state index contributed by atoms with van der Waals surface area (Å²) < 4.78 is 0. The Morgan fingerprint density at radius 3 is 0.367 bits per heavy atom. The Kier molecular flexibility index (Phi) is 25.4. The molecule has 6 nitrogen and oxygen atoms in total. The van der Waals surface area contributed by atoms with Gasteiger partial charge in [0.1, 0.15) is 0 Å². The summed E-state index contributed by atoms with van der Waals surface area (Å²) in [7, 11) is 0. The van der Waals surface area contributed by atoms with Crippen molar-refractivity contribution < 1.29 is 21.1 Å². The summed E-state index contributed by atoms with van der Waals surface area (Å²) in [5.74, 6) is 0. The van der Waals surface area contributed by atoms with Crippen LogP contribution in [0.5, 0.6) is 0 Å². The molecule has 234 valence electrons. The molecule has 0 unspecified atom stereocenters. The summed E-state index contributed by atoms with van der Waals surface area (Å²) in [4.78, 5) is 19.3. The van der Waals surface area contributed by atoms with Crippen LogP contribution >= 0.6 is 0 Å². The molecule has 6 aromatic carbocycles. The van der Waals surface area contributed by atoms with Gasteiger partial charge in [-0.3, -0.25) is 0 Å². The molecule has 7 heteroatoms. The molecule has 0 aliphatic rings.